The van der Waals surface area contributed by atoms with Gasteiger partial charge in [-0.2, -0.15) is 5.10 Å². The number of hydrogen-bond donors (Lipinski definition) is 1. The first-order valence-electron chi connectivity index (χ1n) is 9.49. The lowest BCUT2D eigenvalue weighted by atomic mass is 10.0. The van der Waals surface area contributed by atoms with E-state index >= 15 is 0 Å². The second-order valence-corrected chi connectivity index (χ2v) is 7.57. The number of benzene rings is 3. The minimum absolute atomic E-state index is 0.719. The van der Waals surface area contributed by atoms with Crippen LogP contribution in [0.3, 0.4) is 0 Å². The lowest BCUT2D eigenvalue weighted by Crippen LogP contribution is -2.05. The summed E-state index contributed by atoms with van der Waals surface area (Å²) in [5, 5.41) is 9.19. The standard InChI is InChI=1S/C24H20ClN3/c1-16-7-12-20(25)15-22(16)28-24-21(13-14-26-24)23(27-28)19-10-8-18(9-11-19)17-5-3-2-4-6-17/h2-12,15,26H,13-14H2,1H3. The summed E-state index contributed by atoms with van der Waals surface area (Å²) in [6, 6.07) is 25.0. The molecule has 1 aliphatic heterocycles. The number of aromatic nitrogens is 2. The maximum Gasteiger partial charge on any atom is 0.133 e. The van der Waals surface area contributed by atoms with Gasteiger partial charge in [-0.25, -0.2) is 4.68 Å². The Hall–Kier alpha value is -3.04. The van der Waals surface area contributed by atoms with E-state index in [2.05, 4.69) is 60.8 Å². The summed E-state index contributed by atoms with van der Waals surface area (Å²) in [5.41, 5.74) is 8.05. The fourth-order valence-corrected chi connectivity index (χ4v) is 4.01. The average Bonchev–Trinajstić information content (AvgIpc) is 3.34. The topological polar surface area (TPSA) is 29.9 Å². The lowest BCUT2D eigenvalue weighted by molar-refractivity contribution is 0.875. The predicted molar refractivity (Wildman–Crippen MR) is 116 cm³/mol. The van der Waals surface area contributed by atoms with Gasteiger partial charge < -0.3 is 5.32 Å². The predicted octanol–water partition coefficient (Wildman–Crippen LogP) is 6.14. The maximum absolute atomic E-state index is 6.26. The van der Waals surface area contributed by atoms with E-state index in [1.165, 1.54) is 16.7 Å². The highest BCUT2D eigenvalue weighted by Crippen LogP contribution is 2.36. The van der Waals surface area contributed by atoms with Crippen LogP contribution in [-0.2, 0) is 6.42 Å². The molecule has 0 unspecified atom stereocenters. The van der Waals surface area contributed by atoms with Crippen LogP contribution >= 0.6 is 11.6 Å². The van der Waals surface area contributed by atoms with Crippen LogP contribution in [-0.4, -0.2) is 16.3 Å². The number of nitrogens with zero attached hydrogens (tertiary/aromatic N) is 2. The Balaban J connectivity index is 1.59. The molecule has 0 aliphatic carbocycles. The highest BCUT2D eigenvalue weighted by Gasteiger charge is 2.24. The first-order valence-corrected chi connectivity index (χ1v) is 9.86. The Morgan fingerprint density at radius 2 is 1.61 bits per heavy atom. The van der Waals surface area contributed by atoms with Crippen molar-refractivity contribution in [1.29, 1.82) is 0 Å². The van der Waals surface area contributed by atoms with Gasteiger partial charge in [0.1, 0.15) is 5.82 Å². The van der Waals surface area contributed by atoms with Crippen LogP contribution in [0.2, 0.25) is 5.02 Å². The van der Waals surface area contributed by atoms with E-state index in [4.69, 9.17) is 16.7 Å². The molecule has 4 aromatic rings. The molecule has 1 N–H and O–H groups in total. The van der Waals surface area contributed by atoms with Gasteiger partial charge in [0.15, 0.2) is 0 Å². The molecule has 0 radical (unpaired) electrons. The minimum Gasteiger partial charge on any atom is -0.369 e. The fourth-order valence-electron chi connectivity index (χ4n) is 3.84. The largest absolute Gasteiger partial charge is 0.369 e. The van der Waals surface area contributed by atoms with Crippen molar-refractivity contribution in [1.82, 2.24) is 9.78 Å². The Labute approximate surface area is 169 Å². The van der Waals surface area contributed by atoms with Crippen molar-refractivity contribution in [2.75, 3.05) is 11.9 Å². The van der Waals surface area contributed by atoms with Crippen LogP contribution in [0.5, 0.6) is 0 Å². The zero-order valence-electron chi connectivity index (χ0n) is 15.6. The Morgan fingerprint density at radius 3 is 2.39 bits per heavy atom. The number of rotatable bonds is 3. The molecule has 28 heavy (non-hydrogen) atoms. The zero-order valence-corrected chi connectivity index (χ0v) is 16.4. The number of fused-ring (bicyclic) bond motifs is 1. The summed E-state index contributed by atoms with van der Waals surface area (Å²) in [6.07, 6.45) is 0.977. The lowest BCUT2D eigenvalue weighted by Gasteiger charge is -2.10. The first-order chi connectivity index (χ1) is 13.7. The molecule has 1 aliphatic rings. The molecule has 0 saturated carbocycles. The second kappa shape index (κ2) is 6.84. The van der Waals surface area contributed by atoms with Gasteiger partial charge in [0.2, 0.25) is 0 Å². The molecule has 1 aromatic heterocycles. The Kier molecular flexibility index (Phi) is 4.18. The van der Waals surface area contributed by atoms with Crippen molar-refractivity contribution in [2.24, 2.45) is 0 Å². The second-order valence-electron chi connectivity index (χ2n) is 7.14. The molecule has 0 amide bonds. The monoisotopic (exact) mass is 385 g/mol. The van der Waals surface area contributed by atoms with Gasteiger partial charge in [0.25, 0.3) is 0 Å². The molecule has 3 nitrogen and oxygen atoms in total. The van der Waals surface area contributed by atoms with E-state index in [1.54, 1.807) is 0 Å². The van der Waals surface area contributed by atoms with Gasteiger partial charge in [0.05, 0.1) is 11.4 Å². The molecular formula is C24H20ClN3. The van der Waals surface area contributed by atoms with E-state index in [0.29, 0.717) is 0 Å². The molecular weight excluding hydrogens is 366 g/mol. The molecule has 4 heteroatoms. The summed E-state index contributed by atoms with van der Waals surface area (Å²) >= 11 is 6.26. The third kappa shape index (κ3) is 2.88. The molecule has 5 rings (SSSR count). The molecule has 0 fully saturated rings. The summed E-state index contributed by atoms with van der Waals surface area (Å²) in [7, 11) is 0. The first kappa shape index (κ1) is 17.1. The highest BCUT2D eigenvalue weighted by atomic mass is 35.5. The third-order valence-electron chi connectivity index (χ3n) is 5.32. The smallest absolute Gasteiger partial charge is 0.133 e. The summed E-state index contributed by atoms with van der Waals surface area (Å²) in [6.45, 7) is 3.02. The molecule has 138 valence electrons. The van der Waals surface area contributed by atoms with E-state index in [-0.39, 0.29) is 0 Å². The van der Waals surface area contributed by atoms with Crippen molar-refractivity contribution >= 4 is 17.4 Å². The summed E-state index contributed by atoms with van der Waals surface area (Å²) in [5.74, 6) is 1.08. The molecule has 0 atom stereocenters. The third-order valence-corrected chi connectivity index (χ3v) is 5.55. The van der Waals surface area contributed by atoms with Gasteiger partial charge >= 0.3 is 0 Å². The number of nitrogens with one attached hydrogen (secondary N) is 1. The molecule has 0 saturated heterocycles. The minimum atomic E-state index is 0.719. The fraction of sp³-hybridized carbons (Fsp3) is 0.125. The molecule has 2 heterocycles. The van der Waals surface area contributed by atoms with E-state index in [9.17, 15) is 0 Å². The van der Waals surface area contributed by atoms with Crippen molar-refractivity contribution in [2.45, 2.75) is 13.3 Å². The zero-order chi connectivity index (χ0) is 19.1. The van der Waals surface area contributed by atoms with Crippen LogP contribution in [0.1, 0.15) is 11.1 Å². The summed E-state index contributed by atoms with van der Waals surface area (Å²) in [4.78, 5) is 0. The van der Waals surface area contributed by atoms with Crippen molar-refractivity contribution in [3.63, 3.8) is 0 Å². The number of hydrogen-bond acceptors (Lipinski definition) is 2. The van der Waals surface area contributed by atoms with Crippen molar-refractivity contribution in [3.05, 3.63) is 88.9 Å². The van der Waals surface area contributed by atoms with Crippen LogP contribution in [0.15, 0.2) is 72.8 Å². The van der Waals surface area contributed by atoms with Gasteiger partial charge in [-0.05, 0) is 42.2 Å². The molecule has 3 aromatic carbocycles. The van der Waals surface area contributed by atoms with E-state index < -0.39 is 0 Å². The number of anilines is 1. The van der Waals surface area contributed by atoms with Gasteiger partial charge in [0, 0.05) is 22.7 Å². The van der Waals surface area contributed by atoms with Crippen molar-refractivity contribution < 1.29 is 0 Å². The quantitative estimate of drug-likeness (QED) is 0.459. The SMILES string of the molecule is Cc1ccc(Cl)cc1-n1nc(-c2ccc(-c3ccccc3)cc2)c2c1NCC2. The van der Waals surface area contributed by atoms with E-state index in [0.717, 1.165) is 46.3 Å². The van der Waals surface area contributed by atoms with Crippen LogP contribution in [0.25, 0.3) is 28.1 Å². The van der Waals surface area contributed by atoms with Gasteiger partial charge in [-0.3, -0.25) is 0 Å². The molecule has 0 spiro atoms. The Morgan fingerprint density at radius 1 is 0.893 bits per heavy atom. The van der Waals surface area contributed by atoms with E-state index in [1.807, 2.05) is 28.9 Å². The van der Waals surface area contributed by atoms with Gasteiger partial charge in [-0.15, -0.1) is 0 Å². The number of halogens is 1. The average molecular weight is 386 g/mol. The van der Waals surface area contributed by atoms with Crippen molar-refractivity contribution in [3.8, 4) is 28.1 Å². The van der Waals surface area contributed by atoms with Gasteiger partial charge in [-0.1, -0.05) is 72.3 Å². The van der Waals surface area contributed by atoms with Crippen LogP contribution in [0.4, 0.5) is 5.82 Å². The van der Waals surface area contributed by atoms with Crippen LogP contribution < -0.4 is 5.32 Å². The van der Waals surface area contributed by atoms with Crippen LogP contribution in [0, 0.1) is 6.92 Å². The Bertz CT molecular complexity index is 1140. The normalized spacial score (nSPS) is 12.6. The number of aryl methyl sites for hydroxylation is 1. The summed E-state index contributed by atoms with van der Waals surface area (Å²) < 4.78 is 2.00. The maximum atomic E-state index is 6.26. The highest BCUT2D eigenvalue weighted by molar-refractivity contribution is 6.30. The molecule has 0 bridgehead atoms.